The zero-order valence-corrected chi connectivity index (χ0v) is 19.0. The van der Waals surface area contributed by atoms with Crippen molar-refractivity contribution >= 4 is 46.3 Å². The Morgan fingerprint density at radius 2 is 1.94 bits per heavy atom. The van der Waals surface area contributed by atoms with E-state index in [9.17, 15) is 14.7 Å². The quantitative estimate of drug-likeness (QED) is 0.446. The first-order chi connectivity index (χ1) is 14.8. The fraction of sp³-hybridized carbons (Fsp3) is 0.261. The molecule has 0 radical (unpaired) electrons. The second-order valence-corrected chi connectivity index (χ2v) is 8.58. The van der Waals surface area contributed by atoms with Gasteiger partial charge in [-0.2, -0.15) is 0 Å². The molecule has 1 saturated heterocycles. The third-order valence-corrected chi connectivity index (χ3v) is 6.22. The number of thiocarbonyl (C=S) groups is 1. The monoisotopic (exact) mass is 457 g/mol. The predicted octanol–water partition coefficient (Wildman–Crippen LogP) is 4.90. The number of carboxylic acid groups (broad SMARTS) is 1. The van der Waals surface area contributed by atoms with Gasteiger partial charge in [-0.15, -0.1) is 0 Å². The van der Waals surface area contributed by atoms with Crippen molar-refractivity contribution in [2.75, 3.05) is 7.11 Å². The fourth-order valence-corrected chi connectivity index (χ4v) is 4.60. The molecule has 0 aliphatic carbocycles. The molecule has 0 aromatic heterocycles. The summed E-state index contributed by atoms with van der Waals surface area (Å²) in [6.07, 6.45) is 1.11. The van der Waals surface area contributed by atoms with Crippen molar-refractivity contribution in [2.24, 2.45) is 0 Å². The number of carboxylic acids is 1. The van der Waals surface area contributed by atoms with Crippen molar-refractivity contribution in [3.63, 3.8) is 0 Å². The largest absolute Gasteiger partial charge is 0.493 e. The highest BCUT2D eigenvalue weighted by atomic mass is 32.2. The second kappa shape index (κ2) is 9.98. The number of ether oxygens (including phenoxy) is 2. The number of benzene rings is 2. The number of methoxy groups -OCH3 is 1. The Morgan fingerprint density at radius 1 is 1.23 bits per heavy atom. The lowest BCUT2D eigenvalue weighted by Crippen LogP contribution is -2.30. The van der Waals surface area contributed by atoms with Crippen LogP contribution in [0.25, 0.3) is 6.08 Å². The molecule has 2 atom stereocenters. The van der Waals surface area contributed by atoms with Crippen molar-refractivity contribution in [2.45, 2.75) is 32.4 Å². The molecule has 6 nitrogen and oxygen atoms in total. The lowest BCUT2D eigenvalue weighted by atomic mass is 10.1. The summed E-state index contributed by atoms with van der Waals surface area (Å²) in [7, 11) is 1.48. The highest BCUT2D eigenvalue weighted by Gasteiger charge is 2.35. The zero-order chi connectivity index (χ0) is 22.5. The van der Waals surface area contributed by atoms with E-state index in [0.29, 0.717) is 27.1 Å². The van der Waals surface area contributed by atoms with Gasteiger partial charge in [-0.1, -0.05) is 67.3 Å². The Kier molecular flexibility index (Phi) is 7.35. The number of carbonyl (C=O) groups excluding carboxylic acids is 1. The van der Waals surface area contributed by atoms with Crippen molar-refractivity contribution in [3.8, 4) is 11.5 Å². The van der Waals surface area contributed by atoms with Crippen LogP contribution in [0.4, 0.5) is 0 Å². The maximum atomic E-state index is 13.0. The average Bonchev–Trinajstić information content (AvgIpc) is 3.05. The molecule has 0 bridgehead atoms. The molecule has 31 heavy (non-hydrogen) atoms. The van der Waals surface area contributed by atoms with E-state index in [-0.39, 0.29) is 11.9 Å². The molecular weight excluding hydrogens is 434 g/mol. The number of rotatable bonds is 8. The molecule has 0 spiro atoms. The Labute approximate surface area is 190 Å². The highest BCUT2D eigenvalue weighted by Crippen LogP contribution is 2.39. The Hall–Kier alpha value is -2.84. The van der Waals surface area contributed by atoms with Crippen molar-refractivity contribution in [1.82, 2.24) is 4.90 Å². The minimum absolute atomic E-state index is 0.150. The topological polar surface area (TPSA) is 76.1 Å². The Bertz CT molecular complexity index is 1020. The van der Waals surface area contributed by atoms with E-state index in [0.717, 1.165) is 11.1 Å². The summed E-state index contributed by atoms with van der Waals surface area (Å²) in [6, 6.07) is 14.7. The maximum absolute atomic E-state index is 13.0. The Balaban J connectivity index is 1.84. The van der Waals surface area contributed by atoms with Crippen LogP contribution < -0.4 is 9.47 Å². The first-order valence-electron chi connectivity index (χ1n) is 9.75. The number of nitrogens with zero attached hydrogens (tertiary/aromatic N) is 1. The molecule has 2 aromatic carbocycles. The predicted molar refractivity (Wildman–Crippen MR) is 125 cm³/mol. The summed E-state index contributed by atoms with van der Waals surface area (Å²) in [6.45, 7) is 3.68. The van der Waals surface area contributed by atoms with Gasteiger partial charge in [0.15, 0.2) is 17.6 Å². The summed E-state index contributed by atoms with van der Waals surface area (Å²) in [5, 5.41) is 9.22. The number of hydrogen-bond acceptors (Lipinski definition) is 6. The molecule has 2 aromatic rings. The number of carbonyl (C=O) groups is 2. The van der Waals surface area contributed by atoms with Crippen LogP contribution in [0.5, 0.6) is 11.5 Å². The number of aliphatic carboxylic acids is 1. The molecule has 1 aliphatic rings. The molecule has 162 valence electrons. The molecule has 3 rings (SSSR count). The van der Waals surface area contributed by atoms with Crippen LogP contribution in [0.3, 0.4) is 0 Å². The average molecular weight is 458 g/mol. The maximum Gasteiger partial charge on any atom is 0.344 e. The molecular formula is C23H23NO5S2. The number of hydrogen-bond donors (Lipinski definition) is 1. The normalized spacial score (nSPS) is 17.0. The number of thioether (sulfide) groups is 1. The SMILES string of the molecule is CCC(Oc1ccc(/C=C2/SC(=S)N(C(C)c3ccccc3)C2=O)cc1OC)C(=O)O. The fourth-order valence-electron chi connectivity index (χ4n) is 3.18. The van der Waals surface area contributed by atoms with E-state index in [1.54, 1.807) is 36.1 Å². The van der Waals surface area contributed by atoms with Gasteiger partial charge in [-0.3, -0.25) is 9.69 Å². The van der Waals surface area contributed by atoms with Crippen LogP contribution in [0.1, 0.15) is 37.4 Å². The molecule has 0 saturated carbocycles. The summed E-state index contributed by atoms with van der Waals surface area (Å²) in [5.41, 5.74) is 1.73. The highest BCUT2D eigenvalue weighted by molar-refractivity contribution is 8.26. The van der Waals surface area contributed by atoms with E-state index in [2.05, 4.69) is 0 Å². The van der Waals surface area contributed by atoms with Gasteiger partial charge in [0.25, 0.3) is 5.91 Å². The van der Waals surface area contributed by atoms with Gasteiger partial charge in [0.2, 0.25) is 0 Å². The number of amides is 1. The van der Waals surface area contributed by atoms with Crippen LogP contribution in [-0.4, -0.2) is 39.4 Å². The molecule has 1 fully saturated rings. The summed E-state index contributed by atoms with van der Waals surface area (Å²) >= 11 is 6.72. The van der Waals surface area contributed by atoms with Crippen LogP contribution >= 0.6 is 24.0 Å². The molecule has 1 aliphatic heterocycles. The summed E-state index contributed by atoms with van der Waals surface area (Å²) in [4.78, 5) is 26.4. The van der Waals surface area contributed by atoms with E-state index in [1.165, 1.54) is 18.9 Å². The van der Waals surface area contributed by atoms with Crippen LogP contribution in [-0.2, 0) is 9.59 Å². The first kappa shape index (κ1) is 22.8. The van der Waals surface area contributed by atoms with Gasteiger partial charge in [-0.25, -0.2) is 4.79 Å². The van der Waals surface area contributed by atoms with Crippen LogP contribution in [0.2, 0.25) is 0 Å². The van der Waals surface area contributed by atoms with E-state index in [4.69, 9.17) is 21.7 Å². The van der Waals surface area contributed by atoms with Crippen LogP contribution in [0, 0.1) is 0 Å². The third kappa shape index (κ3) is 5.08. The molecule has 8 heteroatoms. The summed E-state index contributed by atoms with van der Waals surface area (Å²) < 4.78 is 11.4. The van der Waals surface area contributed by atoms with Gasteiger partial charge in [0, 0.05) is 0 Å². The van der Waals surface area contributed by atoms with E-state index < -0.39 is 12.1 Å². The van der Waals surface area contributed by atoms with Crippen LogP contribution in [0.15, 0.2) is 53.4 Å². The summed E-state index contributed by atoms with van der Waals surface area (Å²) in [5.74, 6) is -0.465. The van der Waals surface area contributed by atoms with Gasteiger partial charge < -0.3 is 14.6 Å². The van der Waals surface area contributed by atoms with Gasteiger partial charge in [-0.05, 0) is 42.7 Å². The Morgan fingerprint density at radius 3 is 2.55 bits per heavy atom. The van der Waals surface area contributed by atoms with E-state index in [1.807, 2.05) is 37.3 Å². The van der Waals surface area contributed by atoms with Crippen molar-refractivity contribution < 1.29 is 24.2 Å². The van der Waals surface area contributed by atoms with Gasteiger partial charge in [0.05, 0.1) is 18.1 Å². The molecule has 1 heterocycles. The lowest BCUT2D eigenvalue weighted by molar-refractivity contribution is -0.145. The molecule has 1 N–H and O–H groups in total. The standard InChI is InChI=1S/C23H23NO5S2/c1-4-17(22(26)27)29-18-11-10-15(12-19(18)28-3)13-20-21(25)24(23(30)31-20)14(2)16-8-6-5-7-9-16/h5-14,17H,4H2,1-3H3,(H,26,27)/b20-13+. The molecule has 2 unspecified atom stereocenters. The smallest absolute Gasteiger partial charge is 0.344 e. The third-order valence-electron chi connectivity index (χ3n) is 4.89. The molecule has 1 amide bonds. The lowest BCUT2D eigenvalue weighted by Gasteiger charge is -2.23. The second-order valence-electron chi connectivity index (χ2n) is 6.90. The van der Waals surface area contributed by atoms with E-state index >= 15 is 0 Å². The van der Waals surface area contributed by atoms with Gasteiger partial charge in [0.1, 0.15) is 4.32 Å². The minimum atomic E-state index is -1.04. The van der Waals surface area contributed by atoms with Crippen molar-refractivity contribution in [3.05, 3.63) is 64.6 Å². The van der Waals surface area contributed by atoms with Gasteiger partial charge >= 0.3 is 5.97 Å². The minimum Gasteiger partial charge on any atom is -0.493 e. The first-order valence-corrected chi connectivity index (χ1v) is 11.0. The van der Waals surface area contributed by atoms with Crippen molar-refractivity contribution in [1.29, 1.82) is 0 Å². The zero-order valence-electron chi connectivity index (χ0n) is 17.4.